The Bertz CT molecular complexity index is 730. The lowest BCUT2D eigenvalue weighted by Crippen LogP contribution is -2.61. The molecule has 1 aromatic rings. The summed E-state index contributed by atoms with van der Waals surface area (Å²) < 4.78 is 5.30. The third-order valence-electron chi connectivity index (χ3n) is 4.78. The van der Waals surface area contributed by atoms with Crippen LogP contribution in [-0.4, -0.2) is 76.3 Å². The molecule has 2 rings (SSSR count). The minimum Gasteiger partial charge on any atom is -0.388 e. The monoisotopic (exact) mass is 423 g/mol. The van der Waals surface area contributed by atoms with Crippen molar-refractivity contribution in [2.24, 2.45) is 0 Å². The largest absolute Gasteiger partial charge is 0.388 e. The first-order valence-corrected chi connectivity index (χ1v) is 9.76. The third-order valence-corrected chi connectivity index (χ3v) is 4.78. The molecule has 6 atom stereocenters. The van der Waals surface area contributed by atoms with E-state index in [0.717, 1.165) is 5.56 Å². The average Bonchev–Trinajstić information content (AvgIpc) is 2.70. The van der Waals surface area contributed by atoms with Crippen LogP contribution >= 0.6 is 0 Å². The van der Waals surface area contributed by atoms with E-state index in [1.807, 2.05) is 30.3 Å². The van der Waals surface area contributed by atoms with Crippen LogP contribution in [-0.2, 0) is 25.5 Å². The number of aliphatic hydroxyl groups excluding tert-OH is 3. The molecule has 1 saturated heterocycles. The summed E-state index contributed by atoms with van der Waals surface area (Å²) >= 11 is 0. The van der Waals surface area contributed by atoms with Gasteiger partial charge in [0, 0.05) is 26.3 Å². The van der Waals surface area contributed by atoms with E-state index >= 15 is 0 Å². The summed E-state index contributed by atoms with van der Waals surface area (Å²) in [5.41, 5.74) is 0.877. The fourth-order valence-electron chi connectivity index (χ4n) is 3.13. The lowest BCUT2D eigenvalue weighted by Gasteiger charge is -2.39. The quantitative estimate of drug-likeness (QED) is 0.287. The Kier molecular flexibility index (Phi) is 8.72. The van der Waals surface area contributed by atoms with Gasteiger partial charge in [-0.15, -0.1) is 0 Å². The van der Waals surface area contributed by atoms with E-state index in [1.165, 1.54) is 13.8 Å². The highest BCUT2D eigenvalue weighted by Crippen LogP contribution is 2.19. The normalized spacial score (nSPS) is 27.0. The van der Waals surface area contributed by atoms with Gasteiger partial charge in [-0.25, -0.2) is 0 Å². The van der Waals surface area contributed by atoms with Crippen molar-refractivity contribution in [1.82, 2.24) is 16.0 Å². The number of amides is 3. The topological polar surface area (TPSA) is 157 Å². The Morgan fingerprint density at radius 1 is 1.07 bits per heavy atom. The Hall–Kier alpha value is -2.53. The minimum absolute atomic E-state index is 0.000904. The number of carbonyl (C=O) groups excluding carboxylic acids is 3. The Morgan fingerprint density at radius 2 is 1.73 bits per heavy atom. The summed E-state index contributed by atoms with van der Waals surface area (Å²) in [4.78, 5) is 36.0. The molecule has 0 aliphatic carbocycles. The van der Waals surface area contributed by atoms with Gasteiger partial charge in [-0.1, -0.05) is 30.3 Å². The molecule has 0 aromatic heterocycles. The van der Waals surface area contributed by atoms with Crippen molar-refractivity contribution in [3.05, 3.63) is 35.9 Å². The molecule has 0 radical (unpaired) electrons. The van der Waals surface area contributed by atoms with Crippen molar-refractivity contribution in [3.63, 3.8) is 0 Å². The molecule has 1 aliphatic rings. The first-order chi connectivity index (χ1) is 14.2. The van der Waals surface area contributed by atoms with Gasteiger partial charge in [0.05, 0.1) is 6.10 Å². The van der Waals surface area contributed by atoms with Crippen molar-refractivity contribution in [1.29, 1.82) is 0 Å². The van der Waals surface area contributed by atoms with Crippen LogP contribution in [0, 0.1) is 0 Å². The zero-order valence-corrected chi connectivity index (χ0v) is 16.9. The predicted molar refractivity (Wildman–Crippen MR) is 106 cm³/mol. The number of hydrogen-bond acceptors (Lipinski definition) is 7. The number of nitrogens with one attached hydrogen (secondary N) is 3. The molecule has 0 saturated carbocycles. The summed E-state index contributed by atoms with van der Waals surface area (Å²) in [5.74, 6) is -1.29. The van der Waals surface area contributed by atoms with Gasteiger partial charge < -0.3 is 36.0 Å². The third kappa shape index (κ3) is 6.77. The number of carbonyl (C=O) groups is 3. The number of ether oxygens (including phenoxy) is 1. The predicted octanol–water partition coefficient (Wildman–Crippen LogP) is -1.82. The molecule has 10 nitrogen and oxygen atoms in total. The van der Waals surface area contributed by atoms with Crippen LogP contribution in [0.2, 0.25) is 0 Å². The first kappa shape index (κ1) is 23.7. The molecule has 1 fully saturated rings. The Balaban J connectivity index is 1.82. The minimum atomic E-state index is -1.48. The molecular weight excluding hydrogens is 394 g/mol. The first-order valence-electron chi connectivity index (χ1n) is 9.76. The van der Waals surface area contributed by atoms with Gasteiger partial charge >= 0.3 is 0 Å². The molecule has 6 N–H and O–H groups in total. The lowest BCUT2D eigenvalue weighted by atomic mass is 9.99. The highest BCUT2D eigenvalue weighted by molar-refractivity contribution is 5.87. The summed E-state index contributed by atoms with van der Waals surface area (Å²) in [7, 11) is 0. The number of hydrogen-bond donors (Lipinski definition) is 6. The van der Waals surface area contributed by atoms with Gasteiger partial charge in [0.15, 0.2) is 6.23 Å². The van der Waals surface area contributed by atoms with Crippen molar-refractivity contribution >= 4 is 17.7 Å². The molecule has 0 unspecified atom stereocenters. The summed E-state index contributed by atoms with van der Waals surface area (Å²) in [6, 6.07) is 8.42. The van der Waals surface area contributed by atoms with Crippen LogP contribution in [0.15, 0.2) is 30.3 Å². The van der Waals surface area contributed by atoms with Gasteiger partial charge in [0.2, 0.25) is 17.7 Å². The van der Waals surface area contributed by atoms with Gasteiger partial charge in [-0.2, -0.15) is 0 Å². The van der Waals surface area contributed by atoms with E-state index in [9.17, 15) is 29.7 Å². The van der Waals surface area contributed by atoms with Gasteiger partial charge in [0.25, 0.3) is 0 Å². The van der Waals surface area contributed by atoms with Crippen molar-refractivity contribution in [3.8, 4) is 0 Å². The molecule has 1 aliphatic heterocycles. The standard InChI is InChI=1S/C20H29N3O7/c1-11-16(26)17(27)18(28)20(30-11)23-15(25)8-9-21-19(29)14(22-12(2)24)10-13-6-4-3-5-7-13/h3-7,11,14,16-18,20,26-28H,8-10H2,1-2H3,(H,21,29)(H,22,24)(H,23,25)/t11-,14+,16+,17+,18-,20+/m0/s1. The van der Waals surface area contributed by atoms with Crippen molar-refractivity contribution < 1.29 is 34.4 Å². The van der Waals surface area contributed by atoms with E-state index in [4.69, 9.17) is 4.74 Å². The maximum Gasteiger partial charge on any atom is 0.242 e. The fourth-order valence-corrected chi connectivity index (χ4v) is 3.13. The summed E-state index contributed by atoms with van der Waals surface area (Å²) in [6.07, 6.45) is -5.94. The van der Waals surface area contributed by atoms with Crippen LogP contribution in [0.4, 0.5) is 0 Å². The highest BCUT2D eigenvalue weighted by atomic mass is 16.5. The molecule has 1 heterocycles. The molecule has 10 heteroatoms. The number of rotatable bonds is 8. The number of benzene rings is 1. The molecule has 166 valence electrons. The molecule has 0 spiro atoms. The Morgan fingerprint density at radius 3 is 2.37 bits per heavy atom. The van der Waals surface area contributed by atoms with E-state index in [2.05, 4.69) is 16.0 Å². The van der Waals surface area contributed by atoms with Crippen LogP contribution in [0.25, 0.3) is 0 Å². The zero-order chi connectivity index (χ0) is 22.3. The van der Waals surface area contributed by atoms with Gasteiger partial charge in [-0.3, -0.25) is 14.4 Å². The SMILES string of the molecule is CC(=O)N[C@H](Cc1ccccc1)C(=O)NCCC(=O)N[C@@H]1O[C@@H](C)[C@@H](O)[C@@H](O)[C@@H]1O. The molecule has 0 bridgehead atoms. The Labute approximate surface area is 174 Å². The highest BCUT2D eigenvalue weighted by Gasteiger charge is 2.42. The second-order valence-corrected chi connectivity index (χ2v) is 7.28. The van der Waals surface area contributed by atoms with Crippen molar-refractivity contribution in [2.75, 3.05) is 6.54 Å². The van der Waals surface area contributed by atoms with Crippen LogP contribution in [0.5, 0.6) is 0 Å². The summed E-state index contributed by atoms with van der Waals surface area (Å²) in [5, 5.41) is 37.0. The summed E-state index contributed by atoms with van der Waals surface area (Å²) in [6.45, 7) is 2.83. The van der Waals surface area contributed by atoms with E-state index < -0.39 is 48.5 Å². The van der Waals surface area contributed by atoms with Gasteiger partial charge in [0.1, 0.15) is 24.4 Å². The van der Waals surface area contributed by atoms with Crippen LogP contribution in [0.3, 0.4) is 0 Å². The van der Waals surface area contributed by atoms with E-state index in [0.29, 0.717) is 6.42 Å². The van der Waals surface area contributed by atoms with Crippen molar-refractivity contribution in [2.45, 2.75) is 63.4 Å². The molecule has 1 aromatic carbocycles. The van der Waals surface area contributed by atoms with Crippen LogP contribution < -0.4 is 16.0 Å². The zero-order valence-electron chi connectivity index (χ0n) is 16.9. The fraction of sp³-hybridized carbons (Fsp3) is 0.550. The smallest absolute Gasteiger partial charge is 0.242 e. The van der Waals surface area contributed by atoms with E-state index in [-0.39, 0.29) is 18.9 Å². The second kappa shape index (κ2) is 11.0. The molecule has 30 heavy (non-hydrogen) atoms. The van der Waals surface area contributed by atoms with Crippen LogP contribution in [0.1, 0.15) is 25.8 Å². The lowest BCUT2D eigenvalue weighted by molar-refractivity contribution is -0.224. The average molecular weight is 423 g/mol. The van der Waals surface area contributed by atoms with E-state index in [1.54, 1.807) is 0 Å². The number of aliphatic hydroxyl groups is 3. The van der Waals surface area contributed by atoms with Gasteiger partial charge in [-0.05, 0) is 12.5 Å². The second-order valence-electron chi connectivity index (χ2n) is 7.28. The molecule has 3 amide bonds. The molecular formula is C20H29N3O7. The maximum atomic E-state index is 12.4. The maximum absolute atomic E-state index is 12.4.